The molecule has 0 saturated carbocycles. The summed E-state index contributed by atoms with van der Waals surface area (Å²) in [6.07, 6.45) is -4.25. The first-order valence-corrected chi connectivity index (χ1v) is 5.91. The van der Waals surface area contributed by atoms with Crippen LogP contribution in [-0.4, -0.2) is 30.3 Å². The van der Waals surface area contributed by atoms with Crippen molar-refractivity contribution in [3.05, 3.63) is 29.8 Å². The summed E-state index contributed by atoms with van der Waals surface area (Å²) in [4.78, 5) is 0. The van der Waals surface area contributed by atoms with E-state index in [0.717, 1.165) is 11.3 Å². The van der Waals surface area contributed by atoms with E-state index in [1.165, 1.54) is 0 Å². The second-order valence-corrected chi connectivity index (χ2v) is 4.35. The van der Waals surface area contributed by atoms with Gasteiger partial charge in [0.2, 0.25) is 0 Å². The van der Waals surface area contributed by atoms with Gasteiger partial charge in [0.15, 0.2) is 0 Å². The maximum Gasteiger partial charge on any atom is 0.265 e. The first kappa shape index (κ1) is 14.9. The number of rotatable bonds is 7. The molecule has 102 valence electrons. The van der Waals surface area contributed by atoms with Gasteiger partial charge in [0.1, 0.15) is 11.9 Å². The zero-order chi connectivity index (χ0) is 13.5. The molecule has 3 nitrogen and oxygen atoms in total. The van der Waals surface area contributed by atoms with E-state index in [-0.39, 0.29) is 12.6 Å². The van der Waals surface area contributed by atoms with Crippen molar-refractivity contribution in [2.45, 2.75) is 39.0 Å². The van der Waals surface area contributed by atoms with E-state index in [2.05, 4.69) is 5.32 Å². The fourth-order valence-electron chi connectivity index (χ4n) is 1.45. The van der Waals surface area contributed by atoms with Gasteiger partial charge in [-0.3, -0.25) is 0 Å². The molecule has 0 bridgehead atoms. The van der Waals surface area contributed by atoms with Crippen molar-refractivity contribution in [3.63, 3.8) is 0 Å². The van der Waals surface area contributed by atoms with Crippen LogP contribution in [0.2, 0.25) is 0 Å². The number of aliphatic hydroxyl groups is 1. The Morgan fingerprint density at radius 1 is 1.33 bits per heavy atom. The van der Waals surface area contributed by atoms with Gasteiger partial charge in [-0.1, -0.05) is 12.1 Å². The molecule has 0 spiro atoms. The third kappa shape index (κ3) is 5.42. The van der Waals surface area contributed by atoms with Gasteiger partial charge in [0.05, 0.1) is 6.10 Å². The molecule has 0 saturated heterocycles. The van der Waals surface area contributed by atoms with Gasteiger partial charge >= 0.3 is 0 Å². The fourth-order valence-corrected chi connectivity index (χ4v) is 1.45. The van der Waals surface area contributed by atoms with Crippen LogP contribution in [0, 0.1) is 0 Å². The van der Waals surface area contributed by atoms with Crippen LogP contribution in [-0.2, 0) is 6.54 Å². The third-order valence-corrected chi connectivity index (χ3v) is 2.24. The highest BCUT2D eigenvalue weighted by Gasteiger charge is 2.15. The van der Waals surface area contributed by atoms with E-state index in [1.54, 1.807) is 0 Å². The van der Waals surface area contributed by atoms with Crippen molar-refractivity contribution in [1.29, 1.82) is 0 Å². The molecule has 0 radical (unpaired) electrons. The van der Waals surface area contributed by atoms with Crippen molar-refractivity contribution in [2.24, 2.45) is 0 Å². The number of hydrogen-bond donors (Lipinski definition) is 2. The number of benzene rings is 1. The number of hydrogen-bond acceptors (Lipinski definition) is 3. The first-order chi connectivity index (χ1) is 8.49. The quantitative estimate of drug-likeness (QED) is 0.788. The lowest BCUT2D eigenvalue weighted by Gasteiger charge is -2.13. The first-order valence-electron chi connectivity index (χ1n) is 5.91. The van der Waals surface area contributed by atoms with Crippen molar-refractivity contribution < 1.29 is 18.6 Å². The maximum absolute atomic E-state index is 12.1. The number of ether oxygens (including phenoxy) is 1. The SMILES string of the molecule is CC(C)Oc1cccc(CNCC(O)C(F)F)c1. The Labute approximate surface area is 106 Å². The van der Waals surface area contributed by atoms with E-state index in [0.29, 0.717) is 6.54 Å². The summed E-state index contributed by atoms with van der Waals surface area (Å²) >= 11 is 0. The van der Waals surface area contributed by atoms with E-state index in [1.807, 2.05) is 38.1 Å². The lowest BCUT2D eigenvalue weighted by atomic mass is 10.2. The van der Waals surface area contributed by atoms with Crippen LogP contribution in [0.3, 0.4) is 0 Å². The third-order valence-electron chi connectivity index (χ3n) is 2.24. The van der Waals surface area contributed by atoms with Crippen LogP contribution < -0.4 is 10.1 Å². The molecule has 0 aliphatic carbocycles. The van der Waals surface area contributed by atoms with Gasteiger partial charge in [-0.2, -0.15) is 0 Å². The second kappa shape index (κ2) is 7.28. The standard InChI is InChI=1S/C13H19F2NO2/c1-9(2)18-11-5-3-4-10(6-11)7-16-8-12(17)13(14)15/h3-6,9,12-13,16-17H,7-8H2,1-2H3. The van der Waals surface area contributed by atoms with Crippen LogP contribution in [0.4, 0.5) is 8.78 Å². The molecule has 0 aromatic heterocycles. The van der Waals surface area contributed by atoms with E-state index in [9.17, 15) is 8.78 Å². The number of halogens is 2. The minimum atomic E-state index is -2.71. The fraction of sp³-hybridized carbons (Fsp3) is 0.538. The van der Waals surface area contributed by atoms with Crippen LogP contribution >= 0.6 is 0 Å². The average molecular weight is 259 g/mol. The van der Waals surface area contributed by atoms with Gasteiger partial charge in [-0.15, -0.1) is 0 Å². The minimum absolute atomic E-state index is 0.0915. The zero-order valence-electron chi connectivity index (χ0n) is 10.6. The molecular formula is C13H19F2NO2. The van der Waals surface area contributed by atoms with E-state index < -0.39 is 12.5 Å². The highest BCUT2D eigenvalue weighted by Crippen LogP contribution is 2.14. The Morgan fingerprint density at radius 2 is 2.06 bits per heavy atom. The molecule has 0 amide bonds. The second-order valence-electron chi connectivity index (χ2n) is 4.35. The Hall–Kier alpha value is -1.20. The van der Waals surface area contributed by atoms with Crippen molar-refractivity contribution in [1.82, 2.24) is 5.32 Å². The Bertz CT molecular complexity index is 359. The summed E-state index contributed by atoms with van der Waals surface area (Å²) in [6, 6.07) is 7.41. The number of aliphatic hydroxyl groups excluding tert-OH is 1. The largest absolute Gasteiger partial charge is 0.491 e. The average Bonchev–Trinajstić information content (AvgIpc) is 2.28. The molecule has 1 aromatic rings. The van der Waals surface area contributed by atoms with Crippen LogP contribution in [0.1, 0.15) is 19.4 Å². The topological polar surface area (TPSA) is 41.5 Å². The molecule has 0 fully saturated rings. The number of nitrogens with one attached hydrogen (secondary N) is 1. The normalized spacial score (nSPS) is 13.1. The highest BCUT2D eigenvalue weighted by atomic mass is 19.3. The molecule has 1 aromatic carbocycles. The molecule has 18 heavy (non-hydrogen) atoms. The van der Waals surface area contributed by atoms with E-state index >= 15 is 0 Å². The molecule has 0 aliphatic rings. The van der Waals surface area contributed by atoms with Crippen molar-refractivity contribution in [3.8, 4) is 5.75 Å². The predicted molar refractivity (Wildman–Crippen MR) is 65.9 cm³/mol. The van der Waals surface area contributed by atoms with Crippen molar-refractivity contribution >= 4 is 0 Å². The summed E-state index contributed by atoms with van der Waals surface area (Å²) in [5, 5.41) is 11.7. The van der Waals surface area contributed by atoms with Gasteiger partial charge in [0, 0.05) is 13.1 Å². The van der Waals surface area contributed by atoms with E-state index in [4.69, 9.17) is 9.84 Å². The zero-order valence-corrected chi connectivity index (χ0v) is 10.6. The molecule has 1 atom stereocenters. The Balaban J connectivity index is 2.42. The highest BCUT2D eigenvalue weighted by molar-refractivity contribution is 5.28. The molecule has 1 rings (SSSR count). The summed E-state index contributed by atoms with van der Waals surface area (Å²) in [6.45, 7) is 4.15. The van der Waals surface area contributed by atoms with Gasteiger partial charge < -0.3 is 15.2 Å². The van der Waals surface area contributed by atoms with Crippen molar-refractivity contribution in [2.75, 3.05) is 6.54 Å². The lowest BCUT2D eigenvalue weighted by molar-refractivity contribution is -0.00341. The molecule has 0 aliphatic heterocycles. The Kier molecular flexibility index (Phi) is 6.01. The minimum Gasteiger partial charge on any atom is -0.491 e. The smallest absolute Gasteiger partial charge is 0.265 e. The number of alkyl halides is 2. The van der Waals surface area contributed by atoms with Gasteiger partial charge in [-0.25, -0.2) is 8.78 Å². The maximum atomic E-state index is 12.1. The predicted octanol–water partition coefficient (Wildman–Crippen LogP) is 2.19. The molecule has 2 N–H and O–H groups in total. The summed E-state index contributed by atoms with van der Waals surface area (Å²) in [5.74, 6) is 0.749. The molecule has 1 unspecified atom stereocenters. The molecule has 5 heteroatoms. The van der Waals surface area contributed by atoms with Gasteiger partial charge in [0.25, 0.3) is 6.43 Å². The summed E-state index contributed by atoms with van der Waals surface area (Å²) < 4.78 is 29.6. The summed E-state index contributed by atoms with van der Waals surface area (Å²) in [5.41, 5.74) is 0.926. The van der Waals surface area contributed by atoms with Crippen LogP contribution in [0.5, 0.6) is 5.75 Å². The van der Waals surface area contributed by atoms with Gasteiger partial charge in [-0.05, 0) is 31.5 Å². The lowest BCUT2D eigenvalue weighted by Crippen LogP contribution is -2.31. The summed E-state index contributed by atoms with van der Waals surface area (Å²) in [7, 11) is 0. The monoisotopic (exact) mass is 259 g/mol. The van der Waals surface area contributed by atoms with Crippen LogP contribution in [0.25, 0.3) is 0 Å². The molecular weight excluding hydrogens is 240 g/mol. The van der Waals surface area contributed by atoms with Crippen LogP contribution in [0.15, 0.2) is 24.3 Å². The Morgan fingerprint density at radius 3 is 2.67 bits per heavy atom. The molecule has 0 heterocycles.